The minimum atomic E-state index is -3.85. The van der Waals surface area contributed by atoms with Gasteiger partial charge in [-0.3, -0.25) is 9.52 Å². The summed E-state index contributed by atoms with van der Waals surface area (Å²) in [7, 11) is -2.33. The van der Waals surface area contributed by atoms with E-state index >= 15 is 0 Å². The van der Waals surface area contributed by atoms with Gasteiger partial charge in [0.1, 0.15) is 11.5 Å². The number of furan rings is 1. The maximum Gasteiger partial charge on any atom is 0.261 e. The minimum absolute atomic E-state index is 0.0988. The second kappa shape index (κ2) is 12.3. The molecule has 0 fully saturated rings. The number of rotatable bonds is 13. The van der Waals surface area contributed by atoms with Crippen LogP contribution in [0.1, 0.15) is 49.2 Å². The molecule has 0 aliphatic rings. The van der Waals surface area contributed by atoms with Crippen molar-refractivity contribution in [2.45, 2.75) is 44.6 Å². The van der Waals surface area contributed by atoms with Gasteiger partial charge in [-0.1, -0.05) is 20.3 Å². The summed E-state index contributed by atoms with van der Waals surface area (Å²) in [6.45, 7) is 5.83. The molecule has 0 saturated carbocycles. The first-order chi connectivity index (χ1) is 16.9. The van der Waals surface area contributed by atoms with E-state index in [1.807, 2.05) is 19.1 Å². The maximum absolute atomic E-state index is 13.1. The number of benzene rings is 2. The summed E-state index contributed by atoms with van der Waals surface area (Å²) < 4.78 is 39.1. The van der Waals surface area contributed by atoms with Crippen LogP contribution in [0.15, 0.2) is 70.2 Å². The Morgan fingerprint density at radius 1 is 1.06 bits per heavy atom. The highest BCUT2D eigenvalue weighted by molar-refractivity contribution is 7.92. The van der Waals surface area contributed by atoms with Gasteiger partial charge in [-0.15, -0.1) is 0 Å². The van der Waals surface area contributed by atoms with Crippen molar-refractivity contribution in [3.05, 3.63) is 72.2 Å². The number of ether oxygens (including phenoxy) is 1. The first kappa shape index (κ1) is 26.2. The smallest absolute Gasteiger partial charge is 0.261 e. The van der Waals surface area contributed by atoms with Crippen molar-refractivity contribution in [3.63, 3.8) is 0 Å². The number of sulfonamides is 1. The molecule has 9 heteroatoms. The molecular formula is C26H33N3O5S. The highest BCUT2D eigenvalue weighted by Gasteiger charge is 2.21. The Balaban J connectivity index is 1.95. The topological polar surface area (TPSA) is 101 Å². The van der Waals surface area contributed by atoms with Crippen molar-refractivity contribution in [3.8, 4) is 5.75 Å². The predicted molar refractivity (Wildman–Crippen MR) is 138 cm³/mol. The molecule has 2 N–H and O–H groups in total. The van der Waals surface area contributed by atoms with Gasteiger partial charge < -0.3 is 19.4 Å². The van der Waals surface area contributed by atoms with Crippen LogP contribution in [0.25, 0.3) is 0 Å². The zero-order chi connectivity index (χ0) is 25.3. The van der Waals surface area contributed by atoms with E-state index in [0.717, 1.165) is 37.3 Å². The van der Waals surface area contributed by atoms with Gasteiger partial charge in [-0.25, -0.2) is 8.42 Å². The Hall–Kier alpha value is -3.46. The highest BCUT2D eigenvalue weighted by Crippen LogP contribution is 2.28. The molecule has 1 heterocycles. The number of hydrogen-bond donors (Lipinski definition) is 2. The van der Waals surface area contributed by atoms with Crippen LogP contribution < -0.4 is 19.7 Å². The van der Waals surface area contributed by atoms with Gasteiger partial charge in [0.2, 0.25) is 0 Å². The summed E-state index contributed by atoms with van der Waals surface area (Å²) in [6, 6.07) is 14.9. The quantitative estimate of drug-likeness (QED) is 0.342. The molecule has 0 bridgehead atoms. The lowest BCUT2D eigenvalue weighted by molar-refractivity contribution is 0.0954. The summed E-state index contributed by atoms with van der Waals surface area (Å²) in [5.74, 6) is 1.09. The third-order valence-corrected chi connectivity index (χ3v) is 6.84. The fourth-order valence-corrected chi connectivity index (χ4v) is 4.63. The number of unbranched alkanes of at least 4 members (excludes halogenated alkanes) is 1. The number of anilines is 2. The largest absolute Gasteiger partial charge is 0.497 e. The van der Waals surface area contributed by atoms with Gasteiger partial charge >= 0.3 is 0 Å². The van der Waals surface area contributed by atoms with Gasteiger partial charge in [0.15, 0.2) is 0 Å². The molecular weight excluding hydrogens is 466 g/mol. The maximum atomic E-state index is 13.1. The molecule has 1 amide bonds. The lowest BCUT2D eigenvalue weighted by atomic mass is 10.1. The Morgan fingerprint density at radius 3 is 2.46 bits per heavy atom. The van der Waals surface area contributed by atoms with Crippen molar-refractivity contribution in [2.75, 3.05) is 29.8 Å². The van der Waals surface area contributed by atoms with Gasteiger partial charge in [-0.2, -0.15) is 0 Å². The lowest BCUT2D eigenvalue weighted by Gasteiger charge is -2.26. The molecule has 0 unspecified atom stereocenters. The summed E-state index contributed by atoms with van der Waals surface area (Å²) in [5, 5.41) is 2.91. The van der Waals surface area contributed by atoms with Crippen LogP contribution in [0.5, 0.6) is 5.75 Å². The van der Waals surface area contributed by atoms with Crippen LogP contribution in [-0.2, 0) is 16.6 Å². The number of carbonyl (C=O) groups excluding carboxylic acids is 1. The molecule has 0 saturated heterocycles. The van der Waals surface area contributed by atoms with Crippen LogP contribution in [0.4, 0.5) is 11.4 Å². The van der Waals surface area contributed by atoms with Crippen molar-refractivity contribution in [1.29, 1.82) is 0 Å². The van der Waals surface area contributed by atoms with E-state index in [2.05, 4.69) is 21.9 Å². The number of nitrogens with one attached hydrogen (secondary N) is 2. The fraction of sp³-hybridized carbons (Fsp3) is 0.346. The first-order valence-corrected chi connectivity index (χ1v) is 13.2. The first-order valence-electron chi connectivity index (χ1n) is 11.7. The molecule has 0 aliphatic carbocycles. The summed E-state index contributed by atoms with van der Waals surface area (Å²) in [4.78, 5) is 15.3. The molecule has 0 spiro atoms. The van der Waals surface area contributed by atoms with E-state index in [1.54, 1.807) is 36.6 Å². The Morgan fingerprint density at radius 2 is 1.83 bits per heavy atom. The minimum Gasteiger partial charge on any atom is -0.497 e. The normalized spacial score (nSPS) is 11.2. The van der Waals surface area contributed by atoms with Crippen molar-refractivity contribution >= 4 is 27.3 Å². The zero-order valence-corrected chi connectivity index (χ0v) is 21.2. The molecule has 0 atom stereocenters. The Labute approximate surface area is 207 Å². The molecule has 0 aliphatic heterocycles. The molecule has 3 rings (SSSR count). The number of nitrogens with zero attached hydrogens (tertiary/aromatic N) is 1. The summed E-state index contributed by atoms with van der Waals surface area (Å²) >= 11 is 0. The predicted octanol–water partition coefficient (Wildman–Crippen LogP) is 5.04. The van der Waals surface area contributed by atoms with Gasteiger partial charge in [0.25, 0.3) is 15.9 Å². The molecule has 8 nitrogen and oxygen atoms in total. The lowest BCUT2D eigenvalue weighted by Crippen LogP contribution is -2.30. The molecule has 3 aromatic rings. The molecule has 35 heavy (non-hydrogen) atoms. The molecule has 2 aromatic carbocycles. The summed E-state index contributed by atoms with van der Waals surface area (Å²) in [5.41, 5.74) is 1.42. The van der Waals surface area contributed by atoms with Gasteiger partial charge in [0.05, 0.1) is 36.1 Å². The average Bonchev–Trinajstić information content (AvgIpc) is 3.38. The number of carbonyl (C=O) groups is 1. The van der Waals surface area contributed by atoms with Crippen LogP contribution in [0.3, 0.4) is 0 Å². The van der Waals surface area contributed by atoms with Crippen LogP contribution in [-0.4, -0.2) is 34.5 Å². The molecule has 1 aromatic heterocycles. The van der Waals surface area contributed by atoms with Crippen LogP contribution in [0, 0.1) is 0 Å². The Bertz CT molecular complexity index is 1190. The van der Waals surface area contributed by atoms with Gasteiger partial charge in [-0.05, 0) is 67.4 Å². The van der Waals surface area contributed by atoms with Crippen molar-refractivity contribution in [1.82, 2.24) is 5.32 Å². The third kappa shape index (κ3) is 7.02. The third-order valence-electron chi connectivity index (χ3n) is 5.45. The molecule has 0 radical (unpaired) electrons. The average molecular weight is 500 g/mol. The molecule has 188 valence electrons. The van der Waals surface area contributed by atoms with E-state index in [4.69, 9.17) is 9.15 Å². The highest BCUT2D eigenvalue weighted by atomic mass is 32.2. The number of amides is 1. The second-order valence-corrected chi connectivity index (χ2v) is 9.81. The number of hydrogen-bond acceptors (Lipinski definition) is 6. The zero-order valence-electron chi connectivity index (χ0n) is 20.4. The fourth-order valence-electron chi connectivity index (χ4n) is 3.58. The van der Waals surface area contributed by atoms with Crippen molar-refractivity contribution < 1.29 is 22.4 Å². The van der Waals surface area contributed by atoms with Crippen LogP contribution >= 0.6 is 0 Å². The van der Waals surface area contributed by atoms with E-state index in [0.29, 0.717) is 30.1 Å². The second-order valence-electron chi connectivity index (χ2n) is 8.12. The van der Waals surface area contributed by atoms with E-state index in [9.17, 15) is 13.2 Å². The Kier molecular flexibility index (Phi) is 9.19. The monoisotopic (exact) mass is 499 g/mol. The standard InChI is InChI=1S/C26H33N3O5S/c1-4-6-16-29(19-22-8-7-17-34-22)25-14-9-20(18-24(25)26(30)27-15-5-2)28-35(31,32)23-12-10-21(33-3)11-13-23/h7-14,17-18,28H,4-6,15-16,19H2,1-3H3,(H,27,30). The van der Waals surface area contributed by atoms with Crippen LogP contribution in [0.2, 0.25) is 0 Å². The van der Waals surface area contributed by atoms with E-state index in [1.165, 1.54) is 19.2 Å². The van der Waals surface area contributed by atoms with Gasteiger partial charge in [0, 0.05) is 18.8 Å². The number of methoxy groups -OCH3 is 1. The SMILES string of the molecule is CCCCN(Cc1ccco1)c1ccc(NS(=O)(=O)c2ccc(OC)cc2)cc1C(=O)NCCC. The van der Waals surface area contributed by atoms with Crippen molar-refractivity contribution in [2.24, 2.45) is 0 Å². The van der Waals surface area contributed by atoms with E-state index in [-0.39, 0.29) is 10.8 Å². The summed E-state index contributed by atoms with van der Waals surface area (Å²) in [6.07, 6.45) is 4.34. The van der Waals surface area contributed by atoms with E-state index < -0.39 is 10.0 Å².